The summed E-state index contributed by atoms with van der Waals surface area (Å²) in [5.74, 6) is 0.0585. The Morgan fingerprint density at radius 2 is 1.71 bits per heavy atom. The van der Waals surface area contributed by atoms with Crippen molar-refractivity contribution in [3.8, 4) is 5.75 Å². The molecule has 0 bridgehead atoms. The van der Waals surface area contributed by atoms with Crippen LogP contribution in [0.2, 0.25) is 0 Å². The average Bonchev–Trinajstić information content (AvgIpc) is 2.72. The van der Waals surface area contributed by atoms with Gasteiger partial charge >= 0.3 is 11.9 Å². The third kappa shape index (κ3) is 5.81. The van der Waals surface area contributed by atoms with Gasteiger partial charge in [0.15, 0.2) is 0 Å². The van der Waals surface area contributed by atoms with E-state index in [0.29, 0.717) is 18.6 Å². The van der Waals surface area contributed by atoms with E-state index in [9.17, 15) is 9.59 Å². The number of esters is 2. The Kier molecular flexibility index (Phi) is 7.56. The quantitative estimate of drug-likeness (QED) is 0.350. The van der Waals surface area contributed by atoms with E-state index in [0.717, 1.165) is 11.1 Å². The summed E-state index contributed by atoms with van der Waals surface area (Å²) in [5, 5.41) is 0. The maximum atomic E-state index is 12.1. The Labute approximate surface area is 167 Å². The molecule has 2 aromatic rings. The van der Waals surface area contributed by atoms with Crippen molar-refractivity contribution in [3.63, 3.8) is 0 Å². The van der Waals surface area contributed by atoms with Gasteiger partial charge in [-0.1, -0.05) is 56.3 Å². The molecule has 0 radical (unpaired) electrons. The zero-order valence-electron chi connectivity index (χ0n) is 17.0. The van der Waals surface area contributed by atoms with Gasteiger partial charge in [0.2, 0.25) is 0 Å². The monoisotopic (exact) mass is 380 g/mol. The van der Waals surface area contributed by atoms with E-state index in [1.807, 2.05) is 56.3 Å². The molecule has 0 spiro atoms. The third-order valence-corrected chi connectivity index (χ3v) is 5.09. The van der Waals surface area contributed by atoms with Crippen molar-refractivity contribution in [1.82, 2.24) is 0 Å². The predicted molar refractivity (Wildman–Crippen MR) is 111 cm³/mol. The van der Waals surface area contributed by atoms with Crippen LogP contribution in [-0.2, 0) is 14.3 Å². The highest BCUT2D eigenvalue weighted by Crippen LogP contribution is 2.36. The number of hydrogen-bond acceptors (Lipinski definition) is 4. The molecular weight excluding hydrogens is 352 g/mol. The molecule has 0 fully saturated rings. The van der Waals surface area contributed by atoms with Gasteiger partial charge in [0.1, 0.15) is 5.75 Å². The minimum Gasteiger partial charge on any atom is -0.469 e. The molecular formula is C24H28O4. The number of rotatable bonds is 8. The van der Waals surface area contributed by atoms with Gasteiger partial charge in [0, 0.05) is 6.08 Å². The Bertz CT molecular complexity index is 808. The van der Waals surface area contributed by atoms with E-state index in [1.165, 1.54) is 13.2 Å². The summed E-state index contributed by atoms with van der Waals surface area (Å²) in [6, 6.07) is 17.0. The van der Waals surface area contributed by atoms with Crippen LogP contribution >= 0.6 is 0 Å². The molecule has 2 atom stereocenters. The molecule has 0 saturated carbocycles. The molecule has 0 N–H and O–H groups in total. The standard InChI is InChI=1S/C24H28O4/c1-5-24(3,23(26)27-4)17-18(2)20-12-14-21(15-13-20)28-22(25)16-11-19-9-7-6-8-10-19/h6-16,18H,5,17H2,1-4H3/b16-11+. The van der Waals surface area contributed by atoms with Crippen LogP contribution in [0.4, 0.5) is 0 Å². The van der Waals surface area contributed by atoms with Gasteiger partial charge in [-0.3, -0.25) is 4.79 Å². The summed E-state index contributed by atoms with van der Waals surface area (Å²) in [5.41, 5.74) is 1.51. The van der Waals surface area contributed by atoms with Crippen LogP contribution in [0.15, 0.2) is 60.7 Å². The normalized spacial score (nSPS) is 14.3. The minimum atomic E-state index is -0.512. The smallest absolute Gasteiger partial charge is 0.336 e. The minimum absolute atomic E-state index is 0.173. The van der Waals surface area contributed by atoms with Crippen LogP contribution in [0.25, 0.3) is 6.08 Å². The fourth-order valence-electron chi connectivity index (χ4n) is 3.16. The van der Waals surface area contributed by atoms with E-state index >= 15 is 0 Å². The second-order valence-electron chi connectivity index (χ2n) is 7.25. The molecule has 0 amide bonds. The van der Waals surface area contributed by atoms with E-state index < -0.39 is 11.4 Å². The molecule has 0 aliphatic carbocycles. The first-order chi connectivity index (χ1) is 13.4. The van der Waals surface area contributed by atoms with E-state index in [4.69, 9.17) is 9.47 Å². The lowest BCUT2D eigenvalue weighted by molar-refractivity contribution is -0.152. The Morgan fingerprint density at radius 3 is 2.29 bits per heavy atom. The highest BCUT2D eigenvalue weighted by molar-refractivity contribution is 5.88. The molecule has 0 heterocycles. The van der Waals surface area contributed by atoms with E-state index in [1.54, 1.807) is 18.2 Å². The first-order valence-corrected chi connectivity index (χ1v) is 9.51. The van der Waals surface area contributed by atoms with Crippen LogP contribution in [0, 0.1) is 5.41 Å². The van der Waals surface area contributed by atoms with Crippen LogP contribution in [0.3, 0.4) is 0 Å². The van der Waals surface area contributed by atoms with Crippen molar-refractivity contribution in [2.75, 3.05) is 7.11 Å². The molecule has 148 valence electrons. The molecule has 2 rings (SSSR count). The van der Waals surface area contributed by atoms with Crippen molar-refractivity contribution in [2.45, 2.75) is 39.5 Å². The predicted octanol–water partition coefficient (Wildman–Crippen LogP) is 5.39. The van der Waals surface area contributed by atoms with Gasteiger partial charge in [-0.25, -0.2) is 4.79 Å². The van der Waals surface area contributed by atoms with Crippen LogP contribution in [0.5, 0.6) is 5.75 Å². The average molecular weight is 380 g/mol. The summed E-state index contributed by atoms with van der Waals surface area (Å²) in [6.07, 6.45) is 4.54. The number of methoxy groups -OCH3 is 1. The lowest BCUT2D eigenvalue weighted by Gasteiger charge is -2.28. The third-order valence-electron chi connectivity index (χ3n) is 5.09. The first kappa shape index (κ1) is 21.4. The van der Waals surface area contributed by atoms with Gasteiger partial charge < -0.3 is 9.47 Å². The zero-order chi connectivity index (χ0) is 20.6. The second kappa shape index (κ2) is 9.88. The van der Waals surface area contributed by atoms with Crippen LogP contribution in [-0.4, -0.2) is 19.0 Å². The number of carbonyl (C=O) groups excluding carboxylic acids is 2. The van der Waals surface area contributed by atoms with Crippen LogP contribution in [0.1, 0.15) is 50.7 Å². The zero-order valence-corrected chi connectivity index (χ0v) is 17.0. The highest BCUT2D eigenvalue weighted by atomic mass is 16.5. The van der Waals surface area contributed by atoms with Gasteiger partial charge in [-0.15, -0.1) is 0 Å². The molecule has 0 aromatic heterocycles. The lowest BCUT2D eigenvalue weighted by Crippen LogP contribution is -2.30. The Morgan fingerprint density at radius 1 is 1.07 bits per heavy atom. The fourth-order valence-corrected chi connectivity index (χ4v) is 3.16. The van der Waals surface area contributed by atoms with Gasteiger partial charge in [0.05, 0.1) is 12.5 Å². The molecule has 4 nitrogen and oxygen atoms in total. The van der Waals surface area contributed by atoms with Crippen molar-refractivity contribution in [2.24, 2.45) is 5.41 Å². The molecule has 2 unspecified atom stereocenters. The molecule has 4 heteroatoms. The molecule has 28 heavy (non-hydrogen) atoms. The Balaban J connectivity index is 1.98. The maximum Gasteiger partial charge on any atom is 0.336 e. The molecule has 0 saturated heterocycles. The number of hydrogen-bond donors (Lipinski definition) is 0. The Hall–Kier alpha value is -2.88. The van der Waals surface area contributed by atoms with E-state index in [2.05, 4.69) is 6.92 Å². The van der Waals surface area contributed by atoms with Crippen LogP contribution < -0.4 is 4.74 Å². The van der Waals surface area contributed by atoms with Gasteiger partial charge in [-0.05, 0) is 55.0 Å². The fraction of sp³-hybridized carbons (Fsp3) is 0.333. The summed E-state index contributed by atoms with van der Waals surface area (Å²) >= 11 is 0. The largest absolute Gasteiger partial charge is 0.469 e. The van der Waals surface area contributed by atoms with Crippen molar-refractivity contribution in [1.29, 1.82) is 0 Å². The summed E-state index contributed by atoms with van der Waals surface area (Å²) < 4.78 is 10.3. The molecule has 2 aromatic carbocycles. The lowest BCUT2D eigenvalue weighted by atomic mass is 9.77. The number of ether oxygens (including phenoxy) is 2. The van der Waals surface area contributed by atoms with Crippen molar-refractivity contribution in [3.05, 3.63) is 71.8 Å². The molecule has 0 aliphatic heterocycles. The number of benzene rings is 2. The highest BCUT2D eigenvalue weighted by Gasteiger charge is 2.34. The van der Waals surface area contributed by atoms with Gasteiger partial charge in [-0.2, -0.15) is 0 Å². The maximum absolute atomic E-state index is 12.1. The second-order valence-corrected chi connectivity index (χ2v) is 7.25. The van der Waals surface area contributed by atoms with Crippen molar-refractivity contribution >= 4 is 18.0 Å². The SMILES string of the molecule is CCC(C)(CC(C)c1ccc(OC(=O)/C=C/c2ccccc2)cc1)C(=O)OC. The van der Waals surface area contributed by atoms with E-state index in [-0.39, 0.29) is 11.9 Å². The summed E-state index contributed by atoms with van der Waals surface area (Å²) in [7, 11) is 1.43. The van der Waals surface area contributed by atoms with Crippen molar-refractivity contribution < 1.29 is 19.1 Å². The summed E-state index contributed by atoms with van der Waals surface area (Å²) in [6.45, 7) is 6.01. The number of carbonyl (C=O) groups is 2. The summed E-state index contributed by atoms with van der Waals surface area (Å²) in [4.78, 5) is 24.1. The molecule has 0 aliphatic rings. The first-order valence-electron chi connectivity index (χ1n) is 9.51. The topological polar surface area (TPSA) is 52.6 Å². The van der Waals surface area contributed by atoms with Gasteiger partial charge in [0.25, 0.3) is 0 Å².